The fourth-order valence-electron chi connectivity index (χ4n) is 2.97. The van der Waals surface area contributed by atoms with Crippen molar-refractivity contribution >= 4 is 11.9 Å². The first-order chi connectivity index (χ1) is 12.1. The molecule has 2 unspecified atom stereocenters. The highest BCUT2D eigenvalue weighted by Gasteiger charge is 2.66. The number of rotatable bonds is 9. The second-order valence-electron chi connectivity index (χ2n) is 6.21. The van der Waals surface area contributed by atoms with Crippen LogP contribution in [0.5, 0.6) is 0 Å². The average molecular weight is 342 g/mol. The molecule has 1 aliphatic heterocycles. The molecular weight excluding hydrogens is 316 g/mol. The highest BCUT2D eigenvalue weighted by Crippen LogP contribution is 2.36. The number of ether oxygens (including phenoxy) is 1. The van der Waals surface area contributed by atoms with Gasteiger partial charge in [0.05, 0.1) is 13.2 Å². The molecule has 0 aliphatic carbocycles. The van der Waals surface area contributed by atoms with E-state index in [9.17, 15) is 9.59 Å². The van der Waals surface area contributed by atoms with Crippen LogP contribution in [0.2, 0.25) is 0 Å². The Balaban J connectivity index is 2.21. The molecule has 0 aromatic heterocycles. The molecule has 1 heterocycles. The summed E-state index contributed by atoms with van der Waals surface area (Å²) in [5, 5.41) is 0. The fourth-order valence-corrected chi connectivity index (χ4v) is 2.97. The number of amides is 1. The molecule has 1 aliphatic rings. The largest absolute Gasteiger partial charge is 0.464 e. The SMILES string of the molecule is C#CCN(Cc1ccccc1)C(=O)C1(C(=O)OCC)CN1CCCC. The molecular formula is C20H26N2O3. The molecule has 0 N–H and O–H groups in total. The van der Waals surface area contributed by atoms with E-state index < -0.39 is 11.5 Å². The van der Waals surface area contributed by atoms with Crippen molar-refractivity contribution in [2.75, 3.05) is 26.2 Å². The highest BCUT2D eigenvalue weighted by atomic mass is 16.5. The molecule has 1 aromatic rings. The van der Waals surface area contributed by atoms with Crippen LogP contribution in [-0.2, 0) is 20.9 Å². The van der Waals surface area contributed by atoms with Gasteiger partial charge in [-0.05, 0) is 25.5 Å². The standard InChI is InChI=1S/C20H26N2O3/c1-4-7-14-22-16-20(22,19(24)25-6-3)18(23)21(13-5-2)15-17-11-9-8-10-12-17/h2,8-12H,4,6-7,13-16H2,1,3H3. The van der Waals surface area contributed by atoms with Gasteiger partial charge >= 0.3 is 5.97 Å². The average Bonchev–Trinajstić information content (AvgIpc) is 3.35. The molecule has 0 radical (unpaired) electrons. The van der Waals surface area contributed by atoms with Gasteiger partial charge in [0, 0.05) is 13.1 Å². The Morgan fingerprint density at radius 1 is 1.32 bits per heavy atom. The molecule has 2 rings (SSSR count). The van der Waals surface area contributed by atoms with Crippen LogP contribution in [0.1, 0.15) is 32.3 Å². The maximum absolute atomic E-state index is 13.2. The number of carbonyl (C=O) groups is 2. The topological polar surface area (TPSA) is 49.6 Å². The van der Waals surface area contributed by atoms with Gasteiger partial charge in [-0.25, -0.2) is 4.79 Å². The molecule has 25 heavy (non-hydrogen) atoms. The van der Waals surface area contributed by atoms with E-state index >= 15 is 0 Å². The summed E-state index contributed by atoms with van der Waals surface area (Å²) in [5.41, 5.74) is -0.220. The van der Waals surface area contributed by atoms with Crippen LogP contribution in [-0.4, -0.2) is 53.5 Å². The maximum atomic E-state index is 13.2. The Morgan fingerprint density at radius 3 is 2.64 bits per heavy atom. The Bertz CT molecular complexity index is 638. The van der Waals surface area contributed by atoms with Gasteiger partial charge in [0.15, 0.2) is 0 Å². The summed E-state index contributed by atoms with van der Waals surface area (Å²) in [6.45, 7) is 5.73. The van der Waals surface area contributed by atoms with E-state index in [1.54, 1.807) is 11.8 Å². The second-order valence-corrected chi connectivity index (χ2v) is 6.21. The zero-order valence-electron chi connectivity index (χ0n) is 15.0. The van der Waals surface area contributed by atoms with Crippen molar-refractivity contribution in [3.63, 3.8) is 0 Å². The van der Waals surface area contributed by atoms with Crippen LogP contribution in [0.4, 0.5) is 0 Å². The zero-order valence-corrected chi connectivity index (χ0v) is 15.0. The molecule has 134 valence electrons. The number of hydrogen-bond donors (Lipinski definition) is 0. The van der Waals surface area contributed by atoms with Crippen LogP contribution in [0.3, 0.4) is 0 Å². The molecule has 1 saturated heterocycles. The molecule has 0 spiro atoms. The lowest BCUT2D eigenvalue weighted by Crippen LogP contribution is -2.49. The van der Waals surface area contributed by atoms with Crippen molar-refractivity contribution in [3.05, 3.63) is 35.9 Å². The summed E-state index contributed by atoms with van der Waals surface area (Å²) in [7, 11) is 0. The van der Waals surface area contributed by atoms with Gasteiger partial charge in [0.1, 0.15) is 0 Å². The van der Waals surface area contributed by atoms with Crippen LogP contribution in [0.25, 0.3) is 0 Å². The summed E-state index contributed by atoms with van der Waals surface area (Å²) in [6.07, 6.45) is 7.39. The first-order valence-electron chi connectivity index (χ1n) is 8.79. The number of nitrogens with zero attached hydrogens (tertiary/aromatic N) is 2. The van der Waals surface area contributed by atoms with Gasteiger partial charge in [-0.15, -0.1) is 6.42 Å². The number of unbranched alkanes of at least 4 members (excludes halogenated alkanes) is 1. The van der Waals surface area contributed by atoms with E-state index in [0.29, 0.717) is 19.6 Å². The summed E-state index contributed by atoms with van der Waals surface area (Å²) >= 11 is 0. The summed E-state index contributed by atoms with van der Waals surface area (Å²) in [5.74, 6) is 1.81. The quantitative estimate of drug-likeness (QED) is 0.298. The van der Waals surface area contributed by atoms with Gasteiger partial charge in [0.25, 0.3) is 5.91 Å². The summed E-state index contributed by atoms with van der Waals surface area (Å²) in [4.78, 5) is 29.2. The summed E-state index contributed by atoms with van der Waals surface area (Å²) < 4.78 is 5.20. The first-order valence-corrected chi connectivity index (χ1v) is 8.79. The predicted octanol–water partition coefficient (Wildman–Crippen LogP) is 2.07. The monoisotopic (exact) mass is 342 g/mol. The normalized spacial score (nSPS) is 21.2. The molecule has 2 atom stereocenters. The molecule has 1 amide bonds. The summed E-state index contributed by atoms with van der Waals surface area (Å²) in [6, 6.07) is 9.63. The van der Waals surface area contributed by atoms with E-state index in [1.807, 2.05) is 35.2 Å². The lowest BCUT2D eigenvalue weighted by molar-refractivity contribution is -0.155. The molecule has 5 nitrogen and oxygen atoms in total. The zero-order chi connectivity index (χ0) is 18.3. The second kappa shape index (κ2) is 8.68. The third kappa shape index (κ3) is 4.21. The van der Waals surface area contributed by atoms with E-state index in [-0.39, 0.29) is 19.1 Å². The Labute approximate surface area is 149 Å². The minimum Gasteiger partial charge on any atom is -0.464 e. The van der Waals surface area contributed by atoms with E-state index in [4.69, 9.17) is 11.2 Å². The van der Waals surface area contributed by atoms with Gasteiger partial charge in [-0.3, -0.25) is 9.69 Å². The van der Waals surface area contributed by atoms with Crippen LogP contribution in [0.15, 0.2) is 30.3 Å². The first kappa shape index (κ1) is 19.0. The minimum atomic E-state index is -1.20. The van der Waals surface area contributed by atoms with Crippen molar-refractivity contribution < 1.29 is 14.3 Å². The van der Waals surface area contributed by atoms with Gasteiger partial charge in [0.2, 0.25) is 5.54 Å². The number of terminal acetylenes is 1. The van der Waals surface area contributed by atoms with Crippen molar-refractivity contribution in [2.45, 2.75) is 38.8 Å². The van der Waals surface area contributed by atoms with Crippen LogP contribution < -0.4 is 0 Å². The van der Waals surface area contributed by atoms with Crippen LogP contribution >= 0.6 is 0 Å². The third-order valence-electron chi connectivity index (χ3n) is 4.39. The van der Waals surface area contributed by atoms with Crippen LogP contribution in [0, 0.1) is 12.3 Å². The number of esters is 1. The van der Waals surface area contributed by atoms with Crippen molar-refractivity contribution in [1.82, 2.24) is 9.80 Å². The van der Waals surface area contributed by atoms with Crippen molar-refractivity contribution in [2.24, 2.45) is 0 Å². The van der Waals surface area contributed by atoms with Gasteiger partial charge in [-0.2, -0.15) is 0 Å². The van der Waals surface area contributed by atoms with Crippen molar-refractivity contribution in [1.29, 1.82) is 0 Å². The van der Waals surface area contributed by atoms with E-state index in [1.165, 1.54) is 0 Å². The fraction of sp³-hybridized carbons (Fsp3) is 0.500. The smallest absolute Gasteiger partial charge is 0.337 e. The maximum Gasteiger partial charge on any atom is 0.337 e. The molecule has 0 saturated carbocycles. The third-order valence-corrected chi connectivity index (χ3v) is 4.39. The Kier molecular flexibility index (Phi) is 6.60. The highest BCUT2D eigenvalue weighted by molar-refractivity contribution is 6.11. The molecule has 5 heteroatoms. The predicted molar refractivity (Wildman–Crippen MR) is 96.5 cm³/mol. The molecule has 0 bridgehead atoms. The van der Waals surface area contributed by atoms with Crippen molar-refractivity contribution in [3.8, 4) is 12.3 Å². The lowest BCUT2D eigenvalue weighted by Gasteiger charge is -2.25. The van der Waals surface area contributed by atoms with Gasteiger partial charge in [-0.1, -0.05) is 49.6 Å². The Morgan fingerprint density at radius 2 is 2.04 bits per heavy atom. The van der Waals surface area contributed by atoms with E-state index in [0.717, 1.165) is 18.4 Å². The molecule has 1 fully saturated rings. The molecule has 1 aromatic carbocycles. The van der Waals surface area contributed by atoms with E-state index in [2.05, 4.69) is 12.8 Å². The number of carbonyl (C=O) groups excluding carboxylic acids is 2. The lowest BCUT2D eigenvalue weighted by atomic mass is 10.1. The number of hydrogen-bond acceptors (Lipinski definition) is 4. The number of benzene rings is 1. The Hall–Kier alpha value is -2.32. The van der Waals surface area contributed by atoms with Gasteiger partial charge < -0.3 is 9.64 Å². The minimum absolute atomic E-state index is 0.163.